The minimum atomic E-state index is -0.887. The Morgan fingerprint density at radius 3 is 2.50 bits per heavy atom. The maximum atomic E-state index is 12.9. The molecule has 0 spiro atoms. The van der Waals surface area contributed by atoms with Crippen molar-refractivity contribution in [2.24, 2.45) is 0 Å². The van der Waals surface area contributed by atoms with Crippen LogP contribution in [0.5, 0.6) is 0 Å². The van der Waals surface area contributed by atoms with Crippen LogP contribution in [0.1, 0.15) is 65.9 Å². The highest BCUT2D eigenvalue weighted by molar-refractivity contribution is 6.29. The monoisotopic (exact) mass is 467 g/mol. The molecule has 1 saturated carbocycles. The van der Waals surface area contributed by atoms with E-state index in [1.807, 2.05) is 34.6 Å². The first-order chi connectivity index (χ1) is 14.9. The van der Waals surface area contributed by atoms with Crippen molar-refractivity contribution >= 4 is 29.3 Å². The Morgan fingerprint density at radius 1 is 1.25 bits per heavy atom. The quantitative estimate of drug-likeness (QED) is 0.359. The lowest BCUT2D eigenvalue weighted by molar-refractivity contribution is -0.181. The molecule has 178 valence electrons. The van der Waals surface area contributed by atoms with E-state index in [1.165, 1.54) is 0 Å². The average Bonchev–Trinajstić information content (AvgIpc) is 2.68. The number of ether oxygens (including phenoxy) is 2. The van der Waals surface area contributed by atoms with Crippen LogP contribution in [-0.2, 0) is 20.8 Å². The lowest BCUT2D eigenvalue weighted by Gasteiger charge is -2.51. The van der Waals surface area contributed by atoms with Gasteiger partial charge in [-0.2, -0.15) is 0 Å². The number of hydrogen-bond donors (Lipinski definition) is 4. The third-order valence-electron chi connectivity index (χ3n) is 5.70. The molecule has 3 heterocycles. The van der Waals surface area contributed by atoms with Crippen LogP contribution >= 0.6 is 11.6 Å². The second kappa shape index (κ2) is 9.41. The molecule has 0 radical (unpaired) electrons. The summed E-state index contributed by atoms with van der Waals surface area (Å²) in [5.74, 6) is -0.205. The van der Waals surface area contributed by atoms with E-state index in [-0.39, 0.29) is 18.6 Å². The first-order valence-electron chi connectivity index (χ1n) is 11.0. The normalized spacial score (nSPS) is 24.8. The number of anilines is 1. The smallest absolute Gasteiger partial charge is 0.408 e. The lowest BCUT2D eigenvalue weighted by Crippen LogP contribution is -2.67. The van der Waals surface area contributed by atoms with E-state index in [9.17, 15) is 9.59 Å². The number of fused-ring (bicyclic) bond motifs is 3. The molecule has 4 rings (SSSR count). The van der Waals surface area contributed by atoms with Crippen LogP contribution in [-0.4, -0.2) is 46.4 Å². The summed E-state index contributed by atoms with van der Waals surface area (Å²) in [6.07, 6.45) is 3.59. The van der Waals surface area contributed by atoms with Crippen LogP contribution in [0.4, 0.5) is 10.5 Å². The number of carbonyl (C=O) groups is 2. The fourth-order valence-corrected chi connectivity index (χ4v) is 4.21. The van der Waals surface area contributed by atoms with Crippen molar-refractivity contribution in [3.63, 3.8) is 0 Å². The van der Waals surface area contributed by atoms with E-state index in [1.54, 1.807) is 12.3 Å². The predicted octanol–water partition coefficient (Wildman–Crippen LogP) is 3.28. The molecular weight excluding hydrogens is 434 g/mol. The molecule has 2 amide bonds. The summed E-state index contributed by atoms with van der Waals surface area (Å²) in [5.41, 5.74) is 5.58. The van der Waals surface area contributed by atoms with Crippen LogP contribution in [0.25, 0.3) is 0 Å². The van der Waals surface area contributed by atoms with Gasteiger partial charge in [0.2, 0.25) is 0 Å². The summed E-state index contributed by atoms with van der Waals surface area (Å²) in [6.45, 7) is 10.2. The minimum Gasteiger partial charge on any atom is -0.444 e. The van der Waals surface area contributed by atoms with Crippen LogP contribution < -0.4 is 21.5 Å². The number of hydrazine groups is 1. The molecule has 0 unspecified atom stereocenters. The molecule has 0 atom stereocenters. The number of alkyl carbamates (subject to hydrolysis) is 1. The predicted molar refractivity (Wildman–Crippen MR) is 122 cm³/mol. The van der Waals surface area contributed by atoms with E-state index in [4.69, 9.17) is 21.1 Å². The molecular formula is C22H34ClN5O4. The third-order valence-corrected chi connectivity index (χ3v) is 5.90. The Kier molecular flexibility index (Phi) is 7.21. The Labute approximate surface area is 194 Å². The fourth-order valence-electron chi connectivity index (χ4n) is 4.05. The van der Waals surface area contributed by atoms with Gasteiger partial charge in [0.1, 0.15) is 16.4 Å². The van der Waals surface area contributed by atoms with Crippen molar-refractivity contribution in [2.75, 3.05) is 11.9 Å². The molecule has 1 aromatic heterocycles. The highest BCUT2D eigenvalue weighted by atomic mass is 35.5. The number of nitrogens with one attached hydrogen (secondary N) is 4. The van der Waals surface area contributed by atoms with Gasteiger partial charge in [-0.3, -0.25) is 10.2 Å². The summed E-state index contributed by atoms with van der Waals surface area (Å²) in [5, 5.41) is 6.70. The van der Waals surface area contributed by atoms with Gasteiger partial charge in [-0.05, 0) is 66.4 Å². The first kappa shape index (κ1) is 24.5. The molecule has 3 fully saturated rings. The summed E-state index contributed by atoms with van der Waals surface area (Å²) < 4.78 is 11.4. The van der Waals surface area contributed by atoms with Crippen molar-refractivity contribution in [1.29, 1.82) is 0 Å². The van der Waals surface area contributed by atoms with Crippen LogP contribution in [0.2, 0.25) is 5.15 Å². The van der Waals surface area contributed by atoms with Gasteiger partial charge in [0, 0.05) is 30.0 Å². The molecule has 2 bridgehead atoms. The zero-order valence-corrected chi connectivity index (χ0v) is 20.2. The van der Waals surface area contributed by atoms with Gasteiger partial charge in [-0.1, -0.05) is 11.6 Å². The molecule has 2 aliphatic heterocycles. The third kappa shape index (κ3) is 6.02. The molecule has 0 aromatic carbocycles. The molecule has 9 nitrogen and oxygen atoms in total. The fraction of sp³-hybridized carbons (Fsp3) is 0.682. The maximum Gasteiger partial charge on any atom is 0.408 e. The van der Waals surface area contributed by atoms with Crippen molar-refractivity contribution in [3.05, 3.63) is 23.0 Å². The van der Waals surface area contributed by atoms with Gasteiger partial charge in [0.25, 0.3) is 5.91 Å². The Bertz CT molecular complexity index is 831. The topological polar surface area (TPSA) is 114 Å². The Balaban J connectivity index is 1.52. The highest BCUT2D eigenvalue weighted by Crippen LogP contribution is 2.43. The van der Waals surface area contributed by atoms with Gasteiger partial charge in [0.15, 0.2) is 0 Å². The zero-order chi connectivity index (χ0) is 23.6. The van der Waals surface area contributed by atoms with Gasteiger partial charge in [-0.25, -0.2) is 15.2 Å². The summed E-state index contributed by atoms with van der Waals surface area (Å²) in [7, 11) is 0. The number of rotatable bonds is 7. The van der Waals surface area contributed by atoms with Crippen molar-refractivity contribution in [2.45, 2.75) is 89.6 Å². The second-order valence-electron chi connectivity index (χ2n) is 9.96. The number of hydrogen-bond acceptors (Lipinski definition) is 7. The van der Waals surface area contributed by atoms with Crippen LogP contribution in [0, 0.1) is 0 Å². The number of halogens is 1. The van der Waals surface area contributed by atoms with E-state index < -0.39 is 22.8 Å². The standard InChI is InChI=1S/C22H34ClN5O4/c1-14(2)26-16-10-17(23)24-11-15(16)12-25-28-18(29)22-8-6-21(7-9-22,13-31-22)27-19(30)32-20(3,4)5/h10-11,14,25H,6-9,12-13H2,1-5H3,(H,24,26)(H,27,30)(H,28,29). The van der Waals surface area contributed by atoms with E-state index in [0.717, 1.165) is 11.3 Å². The van der Waals surface area contributed by atoms with Gasteiger partial charge >= 0.3 is 6.09 Å². The van der Waals surface area contributed by atoms with E-state index >= 15 is 0 Å². The SMILES string of the molecule is CC(C)Nc1cc(Cl)ncc1CNNC(=O)C12CCC(NC(=O)OC(C)(C)C)(CC1)CO2. The molecule has 3 aliphatic rings. The number of pyridine rings is 1. The van der Waals surface area contributed by atoms with Crippen molar-refractivity contribution < 1.29 is 19.1 Å². The molecule has 32 heavy (non-hydrogen) atoms. The van der Waals surface area contributed by atoms with E-state index in [2.05, 4.69) is 26.5 Å². The molecule has 2 saturated heterocycles. The van der Waals surface area contributed by atoms with Crippen LogP contribution in [0.3, 0.4) is 0 Å². The molecule has 1 aliphatic carbocycles. The van der Waals surface area contributed by atoms with Crippen molar-refractivity contribution in [1.82, 2.24) is 21.2 Å². The average molecular weight is 468 g/mol. The number of carbonyl (C=O) groups excluding carboxylic acids is 2. The molecule has 4 N–H and O–H groups in total. The number of amides is 2. The zero-order valence-electron chi connectivity index (χ0n) is 19.4. The Morgan fingerprint density at radius 2 is 1.94 bits per heavy atom. The molecule has 10 heteroatoms. The summed E-state index contributed by atoms with van der Waals surface area (Å²) in [6, 6.07) is 2.00. The minimum absolute atomic E-state index is 0.205. The highest BCUT2D eigenvalue weighted by Gasteiger charge is 2.54. The Hall–Kier alpha value is -2.10. The lowest BCUT2D eigenvalue weighted by atomic mass is 9.71. The van der Waals surface area contributed by atoms with Crippen LogP contribution in [0.15, 0.2) is 12.3 Å². The maximum absolute atomic E-state index is 12.9. The first-order valence-corrected chi connectivity index (χ1v) is 11.4. The van der Waals surface area contributed by atoms with Gasteiger partial charge in [-0.15, -0.1) is 0 Å². The summed E-state index contributed by atoms with van der Waals surface area (Å²) in [4.78, 5) is 29.3. The summed E-state index contributed by atoms with van der Waals surface area (Å²) >= 11 is 6.01. The largest absolute Gasteiger partial charge is 0.444 e. The number of nitrogens with zero attached hydrogens (tertiary/aromatic N) is 1. The molecule has 1 aromatic rings. The van der Waals surface area contributed by atoms with Crippen molar-refractivity contribution in [3.8, 4) is 0 Å². The second-order valence-corrected chi connectivity index (χ2v) is 10.3. The number of aromatic nitrogens is 1. The van der Waals surface area contributed by atoms with Gasteiger partial charge < -0.3 is 20.1 Å². The van der Waals surface area contributed by atoms with Gasteiger partial charge in [0.05, 0.1) is 12.1 Å². The van der Waals surface area contributed by atoms with E-state index in [0.29, 0.717) is 37.4 Å².